The van der Waals surface area contributed by atoms with Crippen molar-refractivity contribution in [3.05, 3.63) is 56.5 Å². The molecule has 2 rings (SSSR count). The summed E-state index contributed by atoms with van der Waals surface area (Å²) < 4.78 is 6.62. The first kappa shape index (κ1) is 19.3. The highest BCUT2D eigenvalue weighted by Gasteiger charge is 2.11. The van der Waals surface area contributed by atoms with E-state index in [2.05, 4.69) is 42.3 Å². The highest BCUT2D eigenvalue weighted by atomic mass is 79.9. The lowest BCUT2D eigenvalue weighted by molar-refractivity contribution is -0.120. The number of amidine groups is 1. The topological polar surface area (TPSA) is 85.9 Å². The monoisotopic (exact) mass is 469 g/mol. The average Bonchev–Trinajstić information content (AvgIpc) is 2.58. The average molecular weight is 471 g/mol. The minimum Gasteiger partial charge on any atom is -0.497 e. The Morgan fingerprint density at radius 3 is 2.36 bits per heavy atom. The summed E-state index contributed by atoms with van der Waals surface area (Å²) in [5, 5.41) is 6.51. The van der Waals surface area contributed by atoms with Gasteiger partial charge in [0.1, 0.15) is 5.75 Å². The number of methoxy groups -OCH3 is 1. The van der Waals surface area contributed by atoms with Gasteiger partial charge in [-0.15, -0.1) is 0 Å². The number of nitrogens with one attached hydrogen (secondary N) is 1. The Bertz CT molecular complexity index is 769. The van der Waals surface area contributed by atoms with Crippen molar-refractivity contribution in [3.8, 4) is 5.75 Å². The van der Waals surface area contributed by atoms with Crippen molar-refractivity contribution >= 4 is 49.3 Å². The smallest absolute Gasteiger partial charge is 0.265 e. The van der Waals surface area contributed by atoms with Gasteiger partial charge in [0.2, 0.25) is 0 Å². The van der Waals surface area contributed by atoms with E-state index in [0.717, 1.165) is 14.5 Å². The molecule has 0 radical (unpaired) electrons. The molecule has 6 nitrogen and oxygen atoms in total. The van der Waals surface area contributed by atoms with Gasteiger partial charge in [-0.2, -0.15) is 0 Å². The van der Waals surface area contributed by atoms with Crippen LogP contribution in [0.25, 0.3) is 0 Å². The predicted molar refractivity (Wildman–Crippen MR) is 105 cm³/mol. The van der Waals surface area contributed by atoms with E-state index >= 15 is 0 Å². The number of rotatable bonds is 6. The second-order valence-electron chi connectivity index (χ2n) is 5.13. The Kier molecular flexibility index (Phi) is 6.83. The zero-order chi connectivity index (χ0) is 18.4. The molecule has 0 aliphatic carbocycles. The third kappa shape index (κ3) is 5.47. The van der Waals surface area contributed by atoms with Gasteiger partial charge in [0, 0.05) is 14.5 Å². The van der Waals surface area contributed by atoms with Crippen LogP contribution in [0, 0.1) is 6.92 Å². The standard InChI is InChI=1S/C17H17Br2N3O3/c1-10-7-13(18)16(14(19)8-10)21-15(23)9-25-22-17(20)11-3-5-12(24-2)6-4-11/h3-8H,9H2,1-2H3,(H2,20,22)(H,21,23). The van der Waals surface area contributed by atoms with E-state index in [1.165, 1.54) is 0 Å². The molecule has 0 bridgehead atoms. The molecule has 3 N–H and O–H groups in total. The van der Waals surface area contributed by atoms with Crippen molar-refractivity contribution < 1.29 is 14.4 Å². The highest BCUT2D eigenvalue weighted by Crippen LogP contribution is 2.32. The highest BCUT2D eigenvalue weighted by molar-refractivity contribution is 9.11. The number of oxime groups is 1. The summed E-state index contributed by atoms with van der Waals surface area (Å²) in [5.41, 5.74) is 8.19. The zero-order valence-corrected chi connectivity index (χ0v) is 16.8. The molecule has 132 valence electrons. The van der Waals surface area contributed by atoms with Crippen molar-refractivity contribution in [1.82, 2.24) is 0 Å². The second kappa shape index (κ2) is 8.87. The number of ether oxygens (including phenoxy) is 1. The molecule has 0 aliphatic heterocycles. The van der Waals surface area contributed by atoms with Crippen LogP contribution in [0.15, 0.2) is 50.5 Å². The molecule has 0 saturated heterocycles. The number of amides is 1. The van der Waals surface area contributed by atoms with Gasteiger partial charge in [-0.3, -0.25) is 4.79 Å². The first-order valence-corrected chi connectivity index (χ1v) is 8.84. The van der Waals surface area contributed by atoms with Crippen molar-refractivity contribution in [1.29, 1.82) is 0 Å². The van der Waals surface area contributed by atoms with Crippen LogP contribution in [-0.2, 0) is 9.63 Å². The fraction of sp³-hybridized carbons (Fsp3) is 0.176. The Morgan fingerprint density at radius 2 is 1.80 bits per heavy atom. The molecular formula is C17H17Br2N3O3. The largest absolute Gasteiger partial charge is 0.497 e. The third-order valence-electron chi connectivity index (χ3n) is 3.20. The maximum Gasteiger partial charge on any atom is 0.265 e. The summed E-state index contributed by atoms with van der Waals surface area (Å²) in [6, 6.07) is 10.8. The normalized spacial score (nSPS) is 11.1. The maximum absolute atomic E-state index is 12.0. The number of halogens is 2. The van der Waals surface area contributed by atoms with E-state index in [4.69, 9.17) is 15.3 Å². The number of carbonyl (C=O) groups excluding carboxylic acids is 1. The van der Waals surface area contributed by atoms with Gasteiger partial charge in [0.05, 0.1) is 12.8 Å². The SMILES string of the molecule is COc1ccc(/C(N)=N/OCC(=O)Nc2c(Br)cc(C)cc2Br)cc1. The number of anilines is 1. The Labute approximate surface area is 162 Å². The fourth-order valence-electron chi connectivity index (χ4n) is 1.97. The predicted octanol–water partition coefficient (Wildman–Crippen LogP) is 3.80. The van der Waals surface area contributed by atoms with Crippen LogP contribution in [0.1, 0.15) is 11.1 Å². The van der Waals surface area contributed by atoms with Gasteiger partial charge in [0.15, 0.2) is 12.4 Å². The quantitative estimate of drug-likeness (QED) is 0.382. The van der Waals surface area contributed by atoms with Crippen molar-refractivity contribution in [2.24, 2.45) is 10.9 Å². The Hall–Kier alpha value is -2.06. The molecule has 0 fully saturated rings. The van der Waals surface area contributed by atoms with Crippen LogP contribution in [-0.4, -0.2) is 25.5 Å². The van der Waals surface area contributed by atoms with Gasteiger partial charge < -0.3 is 20.6 Å². The molecule has 0 aromatic heterocycles. The van der Waals surface area contributed by atoms with Crippen LogP contribution < -0.4 is 15.8 Å². The van der Waals surface area contributed by atoms with Gasteiger partial charge in [0.25, 0.3) is 5.91 Å². The summed E-state index contributed by atoms with van der Waals surface area (Å²) in [7, 11) is 1.58. The molecular weight excluding hydrogens is 454 g/mol. The molecule has 2 aromatic carbocycles. The molecule has 0 spiro atoms. The van der Waals surface area contributed by atoms with E-state index in [0.29, 0.717) is 17.0 Å². The Morgan fingerprint density at radius 1 is 1.20 bits per heavy atom. The summed E-state index contributed by atoms with van der Waals surface area (Å²) >= 11 is 6.83. The molecule has 2 aromatic rings. The van der Waals surface area contributed by atoms with Gasteiger partial charge >= 0.3 is 0 Å². The van der Waals surface area contributed by atoms with E-state index in [1.54, 1.807) is 31.4 Å². The van der Waals surface area contributed by atoms with Gasteiger partial charge in [-0.25, -0.2) is 0 Å². The zero-order valence-electron chi connectivity index (χ0n) is 13.7. The van der Waals surface area contributed by atoms with E-state index in [-0.39, 0.29) is 18.3 Å². The van der Waals surface area contributed by atoms with Crippen molar-refractivity contribution in [2.45, 2.75) is 6.92 Å². The van der Waals surface area contributed by atoms with Crippen LogP contribution in [0.2, 0.25) is 0 Å². The van der Waals surface area contributed by atoms with Crippen molar-refractivity contribution in [2.75, 3.05) is 19.0 Å². The number of hydrogen-bond acceptors (Lipinski definition) is 4. The van der Waals surface area contributed by atoms with Gasteiger partial charge in [-0.1, -0.05) is 5.16 Å². The van der Waals surface area contributed by atoms with Crippen LogP contribution >= 0.6 is 31.9 Å². The number of nitrogens with zero attached hydrogens (tertiary/aromatic N) is 1. The molecule has 0 atom stereocenters. The van der Waals surface area contributed by atoms with Crippen LogP contribution in [0.4, 0.5) is 5.69 Å². The molecule has 8 heteroatoms. The summed E-state index contributed by atoms with van der Waals surface area (Å²) in [6.45, 7) is 1.70. The number of aryl methyl sites for hydroxylation is 1. The van der Waals surface area contributed by atoms with Crippen LogP contribution in [0.5, 0.6) is 5.75 Å². The first-order valence-electron chi connectivity index (χ1n) is 7.26. The molecule has 0 saturated carbocycles. The summed E-state index contributed by atoms with van der Waals surface area (Å²) in [4.78, 5) is 17.0. The third-order valence-corrected chi connectivity index (χ3v) is 4.45. The molecule has 0 heterocycles. The van der Waals surface area contributed by atoms with Crippen LogP contribution in [0.3, 0.4) is 0 Å². The lowest BCUT2D eigenvalue weighted by Crippen LogP contribution is -2.20. The number of hydrogen-bond donors (Lipinski definition) is 2. The fourth-order valence-corrected chi connectivity index (χ4v) is 3.58. The summed E-state index contributed by atoms with van der Waals surface area (Å²) in [5.74, 6) is 0.538. The second-order valence-corrected chi connectivity index (χ2v) is 6.84. The molecule has 0 unspecified atom stereocenters. The lowest BCUT2D eigenvalue weighted by Gasteiger charge is -2.10. The number of nitrogens with two attached hydrogens (primary N) is 1. The molecule has 0 aliphatic rings. The van der Waals surface area contributed by atoms with E-state index < -0.39 is 0 Å². The van der Waals surface area contributed by atoms with E-state index in [9.17, 15) is 4.79 Å². The van der Waals surface area contributed by atoms with Crippen molar-refractivity contribution in [3.63, 3.8) is 0 Å². The van der Waals surface area contributed by atoms with Gasteiger partial charge in [-0.05, 0) is 80.7 Å². The molecule has 25 heavy (non-hydrogen) atoms. The Balaban J connectivity index is 1.93. The minimum absolute atomic E-state index is 0.174. The number of benzene rings is 2. The maximum atomic E-state index is 12.0. The summed E-state index contributed by atoms with van der Waals surface area (Å²) in [6.07, 6.45) is 0. The molecule has 1 amide bonds. The number of carbonyl (C=O) groups is 1. The van der Waals surface area contributed by atoms with E-state index in [1.807, 2.05) is 19.1 Å². The first-order chi connectivity index (χ1) is 11.9. The minimum atomic E-state index is -0.350. The lowest BCUT2D eigenvalue weighted by atomic mass is 10.2.